The maximum Gasteiger partial charge on any atom is 0.224 e. The molecule has 4 heteroatoms. The number of hydrogen-bond acceptors (Lipinski definition) is 2. The first kappa shape index (κ1) is 10.5. The fraction of sp³-hybridized carbons (Fsp3) is 0.400. The van der Waals surface area contributed by atoms with Crippen LogP contribution >= 0.6 is 0 Å². The molecule has 0 aromatic carbocycles. The highest BCUT2D eigenvalue weighted by Gasteiger charge is 2.06. The highest BCUT2D eigenvalue weighted by Crippen LogP contribution is 2.02. The predicted molar refractivity (Wildman–Crippen MR) is 55.1 cm³/mol. The molecule has 0 bridgehead atoms. The van der Waals surface area contributed by atoms with Crippen LogP contribution in [0.15, 0.2) is 23.3 Å². The third-order valence-electron chi connectivity index (χ3n) is 1.69. The van der Waals surface area contributed by atoms with Crippen molar-refractivity contribution in [2.24, 2.45) is 5.92 Å². The van der Waals surface area contributed by atoms with E-state index in [1.165, 1.54) is 18.5 Å². The van der Waals surface area contributed by atoms with Crippen LogP contribution in [0.25, 0.3) is 0 Å². The lowest BCUT2D eigenvalue weighted by molar-refractivity contribution is -0.116. The van der Waals surface area contributed by atoms with Crippen molar-refractivity contribution in [1.29, 1.82) is 0 Å². The Balaban J connectivity index is 2.65. The van der Waals surface area contributed by atoms with Crippen LogP contribution in [-0.2, 0) is 4.79 Å². The first-order valence-corrected chi connectivity index (χ1v) is 4.56. The largest absolute Gasteiger partial charge is 0.366 e. The average molecular weight is 194 g/mol. The lowest BCUT2D eigenvalue weighted by Gasteiger charge is -2.05. The number of aromatic nitrogens is 1. The molecular formula is C10H14N2O2. The van der Waals surface area contributed by atoms with Gasteiger partial charge in [0.15, 0.2) is 0 Å². The molecule has 0 aliphatic carbocycles. The number of rotatable bonds is 3. The summed E-state index contributed by atoms with van der Waals surface area (Å²) in [6.07, 6.45) is 3.44. The van der Waals surface area contributed by atoms with Crippen LogP contribution in [-0.4, -0.2) is 10.9 Å². The van der Waals surface area contributed by atoms with Crippen LogP contribution in [0, 0.1) is 5.92 Å². The molecule has 76 valence electrons. The molecule has 2 N–H and O–H groups in total. The lowest BCUT2D eigenvalue weighted by Crippen LogP contribution is -2.19. The third kappa shape index (κ3) is 3.05. The summed E-state index contributed by atoms with van der Waals surface area (Å²) in [4.78, 5) is 25.3. The molecule has 14 heavy (non-hydrogen) atoms. The van der Waals surface area contributed by atoms with Gasteiger partial charge in [-0.3, -0.25) is 9.59 Å². The van der Waals surface area contributed by atoms with E-state index in [-0.39, 0.29) is 17.3 Å². The molecular weight excluding hydrogens is 180 g/mol. The first-order valence-electron chi connectivity index (χ1n) is 4.56. The van der Waals surface area contributed by atoms with Crippen LogP contribution in [0.4, 0.5) is 5.69 Å². The third-order valence-corrected chi connectivity index (χ3v) is 1.69. The van der Waals surface area contributed by atoms with Crippen molar-refractivity contribution in [1.82, 2.24) is 4.98 Å². The van der Waals surface area contributed by atoms with Crippen LogP contribution in [0.5, 0.6) is 0 Å². The summed E-state index contributed by atoms with van der Waals surface area (Å²) in [6.45, 7) is 3.91. The van der Waals surface area contributed by atoms with Crippen LogP contribution in [0.3, 0.4) is 0 Å². The zero-order chi connectivity index (χ0) is 10.6. The van der Waals surface area contributed by atoms with Gasteiger partial charge in [-0.15, -0.1) is 0 Å². The molecule has 0 radical (unpaired) electrons. The number of pyridine rings is 1. The standard InChI is InChI=1S/C10H14N2O2/c1-7(2)5-10(14)12-8-6-11-4-3-9(8)13/h3-4,6-7H,5H2,1-2H3,(H,11,13)(H,12,14). The predicted octanol–water partition coefficient (Wildman–Crippen LogP) is 1.36. The van der Waals surface area contributed by atoms with Crippen molar-refractivity contribution in [2.75, 3.05) is 5.32 Å². The molecule has 0 atom stereocenters. The van der Waals surface area contributed by atoms with Gasteiger partial charge in [0.05, 0.1) is 0 Å². The topological polar surface area (TPSA) is 62.0 Å². The van der Waals surface area contributed by atoms with Crippen molar-refractivity contribution >= 4 is 11.6 Å². The second-order valence-electron chi connectivity index (χ2n) is 3.57. The van der Waals surface area contributed by atoms with Crippen molar-refractivity contribution in [2.45, 2.75) is 20.3 Å². The number of anilines is 1. The van der Waals surface area contributed by atoms with Gasteiger partial charge >= 0.3 is 0 Å². The number of carbonyl (C=O) groups is 1. The minimum atomic E-state index is -0.180. The maximum absolute atomic E-state index is 11.3. The molecule has 1 amide bonds. The Bertz CT molecular complexity index is 368. The molecule has 0 unspecified atom stereocenters. The SMILES string of the molecule is CC(C)CC(=O)Nc1c[nH]ccc1=O. The Morgan fingerprint density at radius 1 is 1.57 bits per heavy atom. The van der Waals surface area contributed by atoms with Gasteiger partial charge in [0, 0.05) is 24.9 Å². The minimum absolute atomic E-state index is 0.128. The zero-order valence-electron chi connectivity index (χ0n) is 8.33. The van der Waals surface area contributed by atoms with E-state index in [9.17, 15) is 9.59 Å². The molecule has 0 saturated carbocycles. The summed E-state index contributed by atoms with van der Waals surface area (Å²) in [7, 11) is 0. The van der Waals surface area contributed by atoms with Crippen molar-refractivity contribution < 1.29 is 4.79 Å². The molecule has 0 spiro atoms. The summed E-state index contributed by atoms with van der Waals surface area (Å²) in [6, 6.07) is 1.38. The van der Waals surface area contributed by atoms with Gasteiger partial charge in [0.2, 0.25) is 11.3 Å². The lowest BCUT2D eigenvalue weighted by atomic mass is 10.1. The van der Waals surface area contributed by atoms with E-state index in [4.69, 9.17) is 0 Å². The van der Waals surface area contributed by atoms with Gasteiger partial charge in [-0.1, -0.05) is 13.8 Å². The molecule has 0 saturated heterocycles. The van der Waals surface area contributed by atoms with E-state index < -0.39 is 0 Å². The summed E-state index contributed by atoms with van der Waals surface area (Å²) >= 11 is 0. The smallest absolute Gasteiger partial charge is 0.224 e. The fourth-order valence-corrected chi connectivity index (χ4v) is 1.09. The van der Waals surface area contributed by atoms with Crippen molar-refractivity contribution in [3.05, 3.63) is 28.7 Å². The Morgan fingerprint density at radius 2 is 2.29 bits per heavy atom. The maximum atomic E-state index is 11.3. The summed E-state index contributed by atoms with van der Waals surface area (Å²) in [5.41, 5.74) is 0.124. The first-order chi connectivity index (χ1) is 6.59. The molecule has 1 aromatic rings. The minimum Gasteiger partial charge on any atom is -0.366 e. The Labute approximate surface area is 82.3 Å². The number of amides is 1. The highest BCUT2D eigenvalue weighted by atomic mass is 16.2. The van der Waals surface area contributed by atoms with Crippen LogP contribution in [0.1, 0.15) is 20.3 Å². The van der Waals surface area contributed by atoms with Gasteiger partial charge < -0.3 is 10.3 Å². The van der Waals surface area contributed by atoms with Crippen LogP contribution in [0.2, 0.25) is 0 Å². The van der Waals surface area contributed by atoms with E-state index in [1.54, 1.807) is 0 Å². The average Bonchev–Trinajstić information content (AvgIpc) is 2.07. The molecule has 1 aromatic heterocycles. The molecule has 1 heterocycles. The molecule has 0 aliphatic heterocycles. The highest BCUT2D eigenvalue weighted by molar-refractivity contribution is 5.90. The second kappa shape index (κ2) is 4.60. The van der Waals surface area contributed by atoms with Gasteiger partial charge in [0.1, 0.15) is 5.69 Å². The summed E-state index contributed by atoms with van der Waals surface area (Å²) in [5.74, 6) is 0.162. The Morgan fingerprint density at radius 3 is 2.86 bits per heavy atom. The van der Waals surface area contributed by atoms with E-state index in [0.29, 0.717) is 12.1 Å². The van der Waals surface area contributed by atoms with E-state index >= 15 is 0 Å². The molecule has 4 nitrogen and oxygen atoms in total. The number of hydrogen-bond donors (Lipinski definition) is 2. The van der Waals surface area contributed by atoms with E-state index in [2.05, 4.69) is 10.3 Å². The van der Waals surface area contributed by atoms with E-state index in [1.807, 2.05) is 13.8 Å². The summed E-state index contributed by atoms with van der Waals surface area (Å²) in [5, 5.41) is 2.56. The van der Waals surface area contributed by atoms with Crippen molar-refractivity contribution in [3.63, 3.8) is 0 Å². The number of carbonyl (C=O) groups excluding carboxylic acids is 1. The molecule has 1 rings (SSSR count). The molecule has 0 fully saturated rings. The van der Waals surface area contributed by atoms with Gasteiger partial charge in [-0.25, -0.2) is 0 Å². The monoisotopic (exact) mass is 194 g/mol. The van der Waals surface area contributed by atoms with Gasteiger partial charge in [-0.2, -0.15) is 0 Å². The summed E-state index contributed by atoms with van der Waals surface area (Å²) < 4.78 is 0. The van der Waals surface area contributed by atoms with Crippen LogP contribution < -0.4 is 10.7 Å². The quantitative estimate of drug-likeness (QED) is 0.763. The normalized spacial score (nSPS) is 10.2. The van der Waals surface area contributed by atoms with E-state index in [0.717, 1.165) is 0 Å². The number of aromatic amines is 1. The number of H-pyrrole nitrogens is 1. The molecule has 0 aliphatic rings. The fourth-order valence-electron chi connectivity index (χ4n) is 1.09. The number of nitrogens with one attached hydrogen (secondary N) is 2. The van der Waals surface area contributed by atoms with Gasteiger partial charge in [0.25, 0.3) is 0 Å². The van der Waals surface area contributed by atoms with Gasteiger partial charge in [-0.05, 0) is 5.92 Å². The second-order valence-corrected chi connectivity index (χ2v) is 3.57. The zero-order valence-corrected chi connectivity index (χ0v) is 8.33. The van der Waals surface area contributed by atoms with Crippen molar-refractivity contribution in [3.8, 4) is 0 Å². The Kier molecular flexibility index (Phi) is 3.45. The Hall–Kier alpha value is -1.58.